The number of fused-ring (bicyclic) bond motifs is 1. The van der Waals surface area contributed by atoms with Gasteiger partial charge in [0.15, 0.2) is 5.60 Å². The van der Waals surface area contributed by atoms with Gasteiger partial charge in [-0.3, -0.25) is 0 Å². The lowest BCUT2D eigenvalue weighted by atomic mass is 9.86. The van der Waals surface area contributed by atoms with Crippen molar-refractivity contribution in [2.24, 2.45) is 14.1 Å². The molecule has 5 rings (SSSR count). The zero-order valence-electron chi connectivity index (χ0n) is 19.4. The number of hydrogen-bond acceptors (Lipinski definition) is 7. The summed E-state index contributed by atoms with van der Waals surface area (Å²) in [6.45, 7) is 2.98. The number of benzene rings is 1. The highest BCUT2D eigenvalue weighted by Crippen LogP contribution is 2.43. The molecule has 3 aromatic heterocycles. The van der Waals surface area contributed by atoms with E-state index in [1.807, 2.05) is 43.8 Å². The Balaban J connectivity index is 1.68. The van der Waals surface area contributed by atoms with Gasteiger partial charge in [0, 0.05) is 32.5 Å². The van der Waals surface area contributed by atoms with Crippen LogP contribution in [0.4, 0.5) is 0 Å². The summed E-state index contributed by atoms with van der Waals surface area (Å²) in [7, 11) is 5.23. The van der Waals surface area contributed by atoms with Gasteiger partial charge in [0.2, 0.25) is 5.75 Å². The standard InChI is InChI=1S/C24H26ClN5O4/c1-14-27-11-20(30(14)3)24(31,19-10-26-13-29(19)2)15-5-6-18-17(9-15)21(25)22(23(28-18)32-4)34-12-16-7-8-33-16/h5-6,9-11,13,16,31H,7-8,12H2,1-4H3. The highest BCUT2D eigenvalue weighted by molar-refractivity contribution is 6.37. The van der Waals surface area contributed by atoms with Gasteiger partial charge in [0.1, 0.15) is 12.4 Å². The molecule has 0 radical (unpaired) electrons. The number of pyridine rings is 1. The van der Waals surface area contributed by atoms with E-state index in [9.17, 15) is 5.11 Å². The largest absolute Gasteiger partial charge is 0.484 e. The molecule has 2 atom stereocenters. The lowest BCUT2D eigenvalue weighted by molar-refractivity contribution is -0.0723. The maximum Gasteiger partial charge on any atom is 0.258 e. The molecule has 10 heteroatoms. The van der Waals surface area contributed by atoms with Crippen LogP contribution in [0, 0.1) is 6.92 Å². The minimum absolute atomic E-state index is 0.0332. The molecule has 0 aliphatic carbocycles. The zero-order valence-corrected chi connectivity index (χ0v) is 20.2. The van der Waals surface area contributed by atoms with Crippen molar-refractivity contribution in [2.45, 2.75) is 25.0 Å². The number of methoxy groups -OCH3 is 1. The van der Waals surface area contributed by atoms with Gasteiger partial charge in [-0.05, 0) is 24.6 Å². The Hall–Kier alpha value is -3.14. The molecule has 1 aliphatic heterocycles. The summed E-state index contributed by atoms with van der Waals surface area (Å²) in [5.74, 6) is 1.42. The molecule has 1 saturated heterocycles. The summed E-state index contributed by atoms with van der Waals surface area (Å²) < 4.78 is 20.5. The van der Waals surface area contributed by atoms with Crippen molar-refractivity contribution in [1.29, 1.82) is 0 Å². The lowest BCUT2D eigenvalue weighted by Gasteiger charge is -2.30. The van der Waals surface area contributed by atoms with Crippen molar-refractivity contribution >= 4 is 22.5 Å². The first-order chi connectivity index (χ1) is 16.3. The molecule has 0 amide bonds. The average Bonchev–Trinajstić information content (AvgIpc) is 3.38. The van der Waals surface area contributed by atoms with Crippen molar-refractivity contribution in [2.75, 3.05) is 20.3 Å². The van der Waals surface area contributed by atoms with E-state index in [1.165, 1.54) is 7.11 Å². The number of aryl methyl sites for hydroxylation is 2. The number of ether oxygens (including phenoxy) is 3. The molecule has 0 spiro atoms. The number of aliphatic hydroxyl groups is 1. The summed E-state index contributed by atoms with van der Waals surface area (Å²) in [6, 6.07) is 5.46. The van der Waals surface area contributed by atoms with Crippen LogP contribution in [0.2, 0.25) is 5.02 Å². The number of nitrogens with zero attached hydrogens (tertiary/aromatic N) is 5. The van der Waals surface area contributed by atoms with Crippen molar-refractivity contribution < 1.29 is 19.3 Å². The first-order valence-corrected chi connectivity index (χ1v) is 11.3. The Bertz CT molecular complexity index is 1360. The van der Waals surface area contributed by atoms with E-state index in [0.29, 0.717) is 51.1 Å². The first-order valence-electron chi connectivity index (χ1n) is 10.9. The van der Waals surface area contributed by atoms with E-state index in [1.54, 1.807) is 23.3 Å². The van der Waals surface area contributed by atoms with Crippen molar-refractivity contribution in [3.63, 3.8) is 0 Å². The number of imidazole rings is 2. The predicted molar refractivity (Wildman–Crippen MR) is 126 cm³/mol. The van der Waals surface area contributed by atoms with Gasteiger partial charge < -0.3 is 28.5 Å². The number of hydrogen-bond donors (Lipinski definition) is 1. The van der Waals surface area contributed by atoms with Crippen molar-refractivity contribution in [3.05, 3.63) is 64.7 Å². The van der Waals surface area contributed by atoms with Crippen LogP contribution in [0.25, 0.3) is 10.9 Å². The zero-order chi connectivity index (χ0) is 24.0. The lowest BCUT2D eigenvalue weighted by Crippen LogP contribution is -2.33. The average molecular weight is 484 g/mol. The Morgan fingerprint density at radius 2 is 2.06 bits per heavy atom. The van der Waals surface area contributed by atoms with Crippen molar-refractivity contribution in [3.8, 4) is 11.6 Å². The fourth-order valence-corrected chi connectivity index (χ4v) is 4.52. The Kier molecular flexibility index (Phi) is 5.71. The molecular weight excluding hydrogens is 458 g/mol. The van der Waals surface area contributed by atoms with Crippen LogP contribution in [0.5, 0.6) is 11.6 Å². The topological polar surface area (TPSA) is 96.5 Å². The van der Waals surface area contributed by atoms with Crippen LogP contribution < -0.4 is 9.47 Å². The quantitative estimate of drug-likeness (QED) is 0.431. The molecule has 178 valence electrons. The minimum Gasteiger partial charge on any atom is -0.484 e. The highest BCUT2D eigenvalue weighted by atomic mass is 35.5. The van der Waals surface area contributed by atoms with Gasteiger partial charge >= 0.3 is 0 Å². The van der Waals surface area contributed by atoms with E-state index in [-0.39, 0.29) is 6.10 Å². The molecule has 0 bridgehead atoms. The van der Waals surface area contributed by atoms with Crippen molar-refractivity contribution in [1.82, 2.24) is 24.1 Å². The molecule has 1 aromatic carbocycles. The van der Waals surface area contributed by atoms with Gasteiger partial charge in [0.25, 0.3) is 5.88 Å². The van der Waals surface area contributed by atoms with Crippen LogP contribution in [-0.2, 0) is 24.4 Å². The smallest absolute Gasteiger partial charge is 0.258 e. The molecule has 34 heavy (non-hydrogen) atoms. The monoisotopic (exact) mass is 483 g/mol. The van der Waals surface area contributed by atoms with E-state index in [4.69, 9.17) is 25.8 Å². The molecule has 0 saturated carbocycles. The number of aromatic nitrogens is 5. The van der Waals surface area contributed by atoms with Gasteiger partial charge in [-0.2, -0.15) is 0 Å². The van der Waals surface area contributed by atoms with E-state index < -0.39 is 5.60 Å². The van der Waals surface area contributed by atoms with Crippen LogP contribution in [-0.4, -0.2) is 55.6 Å². The highest BCUT2D eigenvalue weighted by Gasteiger charge is 2.40. The fourth-order valence-electron chi connectivity index (χ4n) is 4.24. The van der Waals surface area contributed by atoms with E-state index in [2.05, 4.69) is 15.0 Å². The normalized spacial score (nSPS) is 17.4. The van der Waals surface area contributed by atoms with Crippen LogP contribution in [0.15, 0.2) is 36.9 Å². The molecule has 9 nitrogen and oxygen atoms in total. The van der Waals surface area contributed by atoms with Crippen LogP contribution in [0.3, 0.4) is 0 Å². The SMILES string of the molecule is COc1nc2ccc(C(O)(c3cncn3C)c3cnc(C)n3C)cc2c(Cl)c1OCC1CCO1. The Labute approximate surface area is 201 Å². The molecule has 1 fully saturated rings. The minimum atomic E-state index is -1.54. The molecule has 1 aliphatic rings. The van der Waals surface area contributed by atoms with Gasteiger partial charge in [-0.1, -0.05) is 17.7 Å². The molecule has 1 N–H and O–H groups in total. The number of rotatable bonds is 7. The third-order valence-corrected chi connectivity index (χ3v) is 6.82. The fraction of sp³-hybridized carbons (Fsp3) is 0.375. The first kappa shape index (κ1) is 22.6. The molecule has 4 aromatic rings. The number of halogens is 1. The second kappa shape index (κ2) is 8.57. The molecular formula is C24H26ClN5O4. The van der Waals surface area contributed by atoms with E-state index in [0.717, 1.165) is 18.9 Å². The van der Waals surface area contributed by atoms with Gasteiger partial charge in [-0.25, -0.2) is 15.0 Å². The summed E-state index contributed by atoms with van der Waals surface area (Å²) in [6.07, 6.45) is 5.94. The second-order valence-corrected chi connectivity index (χ2v) is 8.82. The van der Waals surface area contributed by atoms with E-state index >= 15 is 0 Å². The maximum absolute atomic E-state index is 12.3. The summed E-state index contributed by atoms with van der Waals surface area (Å²) >= 11 is 6.83. The Morgan fingerprint density at radius 1 is 1.26 bits per heavy atom. The van der Waals surface area contributed by atoms with Gasteiger partial charge in [-0.15, -0.1) is 0 Å². The van der Waals surface area contributed by atoms with Crippen LogP contribution >= 0.6 is 11.6 Å². The van der Waals surface area contributed by atoms with Crippen LogP contribution in [0.1, 0.15) is 29.2 Å². The summed E-state index contributed by atoms with van der Waals surface area (Å²) in [5.41, 5.74) is 0.856. The molecule has 2 unspecified atom stereocenters. The maximum atomic E-state index is 12.3. The predicted octanol–water partition coefficient (Wildman–Crippen LogP) is 3.12. The third-order valence-electron chi connectivity index (χ3n) is 6.45. The van der Waals surface area contributed by atoms with Gasteiger partial charge in [0.05, 0.1) is 53.9 Å². The summed E-state index contributed by atoms with van der Waals surface area (Å²) in [4.78, 5) is 13.2. The second-order valence-electron chi connectivity index (χ2n) is 8.44. The third kappa shape index (κ3) is 3.51. The molecule has 4 heterocycles. The summed E-state index contributed by atoms with van der Waals surface area (Å²) in [5, 5.41) is 13.3. The Morgan fingerprint density at radius 3 is 2.65 bits per heavy atom.